The Morgan fingerprint density at radius 1 is 1.33 bits per heavy atom. The maximum atomic E-state index is 13.2. The molecule has 0 saturated carbocycles. The van der Waals surface area contributed by atoms with Crippen LogP contribution in [0.15, 0.2) is 23.2 Å². The number of nitrogens with zero attached hydrogens (tertiary/aromatic N) is 1. The average Bonchev–Trinajstić information content (AvgIpc) is 2.22. The van der Waals surface area contributed by atoms with Crippen LogP contribution in [0.3, 0.4) is 0 Å². The van der Waals surface area contributed by atoms with E-state index in [9.17, 15) is 8.78 Å². The van der Waals surface area contributed by atoms with Crippen LogP contribution in [0, 0.1) is 11.6 Å². The molecule has 15 heavy (non-hydrogen) atoms. The van der Waals surface area contributed by atoms with Crippen molar-refractivity contribution in [2.75, 3.05) is 13.7 Å². The maximum absolute atomic E-state index is 13.2. The molecular weight excluding hydrogens is 200 g/mol. The summed E-state index contributed by atoms with van der Waals surface area (Å²) in [4.78, 5) is 3.82. The molecule has 0 bridgehead atoms. The van der Waals surface area contributed by atoms with E-state index in [1.807, 2.05) is 0 Å². The van der Waals surface area contributed by atoms with E-state index >= 15 is 0 Å². The molecule has 0 N–H and O–H groups in total. The Bertz CT molecular complexity index is 343. The predicted octanol–water partition coefficient (Wildman–Crippen LogP) is 2.57. The molecule has 0 spiro atoms. The van der Waals surface area contributed by atoms with Gasteiger partial charge in [0, 0.05) is 12.6 Å². The smallest absolute Gasteiger partial charge is 0.187 e. The van der Waals surface area contributed by atoms with Gasteiger partial charge in [0.1, 0.15) is 11.6 Å². The zero-order valence-corrected chi connectivity index (χ0v) is 8.76. The van der Waals surface area contributed by atoms with E-state index in [1.165, 1.54) is 25.2 Å². The summed E-state index contributed by atoms with van der Waals surface area (Å²) in [6.07, 6.45) is 0.0445. The van der Waals surface area contributed by atoms with Crippen molar-refractivity contribution in [3.8, 4) is 0 Å². The van der Waals surface area contributed by atoms with Crippen molar-refractivity contribution in [3.05, 3.63) is 35.4 Å². The first-order chi connectivity index (χ1) is 7.19. The van der Waals surface area contributed by atoms with Crippen LogP contribution in [0.1, 0.15) is 12.5 Å². The fourth-order valence-corrected chi connectivity index (χ4v) is 1.21. The Morgan fingerprint density at radius 3 is 2.40 bits per heavy atom. The Balaban J connectivity index is 2.88. The van der Waals surface area contributed by atoms with Gasteiger partial charge in [-0.25, -0.2) is 8.78 Å². The second-order valence-electron chi connectivity index (χ2n) is 2.93. The summed E-state index contributed by atoms with van der Waals surface area (Å²) >= 11 is 0. The van der Waals surface area contributed by atoms with Crippen LogP contribution < -0.4 is 0 Å². The number of benzene rings is 1. The van der Waals surface area contributed by atoms with Crippen LogP contribution in [0.4, 0.5) is 8.78 Å². The topological polar surface area (TPSA) is 21.6 Å². The van der Waals surface area contributed by atoms with Gasteiger partial charge in [-0.15, -0.1) is 0 Å². The molecule has 0 saturated heterocycles. The molecule has 0 aliphatic carbocycles. The van der Waals surface area contributed by atoms with Gasteiger partial charge in [-0.05, 0) is 19.1 Å². The van der Waals surface area contributed by atoms with Gasteiger partial charge < -0.3 is 4.74 Å². The van der Waals surface area contributed by atoms with Gasteiger partial charge in [0.15, 0.2) is 5.90 Å². The highest BCUT2D eigenvalue weighted by molar-refractivity contribution is 5.78. The van der Waals surface area contributed by atoms with Crippen molar-refractivity contribution in [3.63, 3.8) is 0 Å². The monoisotopic (exact) mass is 213 g/mol. The molecule has 4 heteroatoms. The summed E-state index contributed by atoms with van der Waals surface area (Å²) in [7, 11) is 1.53. The normalized spacial score (nSPS) is 11.6. The first-order valence-corrected chi connectivity index (χ1v) is 4.70. The van der Waals surface area contributed by atoms with Crippen molar-refractivity contribution in [1.82, 2.24) is 0 Å². The number of aliphatic imine (C=N–C) groups is 1. The summed E-state index contributed by atoms with van der Waals surface area (Å²) in [6, 6.07) is 3.77. The van der Waals surface area contributed by atoms with Crippen molar-refractivity contribution >= 4 is 5.90 Å². The summed E-state index contributed by atoms with van der Waals surface area (Å²) in [6.45, 7) is 2.23. The van der Waals surface area contributed by atoms with Crippen molar-refractivity contribution in [2.45, 2.75) is 13.3 Å². The molecule has 0 aliphatic rings. The molecule has 1 rings (SSSR count). The van der Waals surface area contributed by atoms with Gasteiger partial charge >= 0.3 is 0 Å². The molecule has 0 radical (unpaired) electrons. The highest BCUT2D eigenvalue weighted by Gasteiger charge is 2.11. The zero-order valence-electron chi connectivity index (χ0n) is 8.76. The zero-order chi connectivity index (χ0) is 11.3. The molecule has 82 valence electrons. The Hall–Kier alpha value is -1.45. The van der Waals surface area contributed by atoms with Crippen LogP contribution in [0.5, 0.6) is 0 Å². The van der Waals surface area contributed by atoms with Gasteiger partial charge in [0.25, 0.3) is 0 Å². The van der Waals surface area contributed by atoms with E-state index in [0.717, 1.165) is 0 Å². The molecule has 0 aromatic heterocycles. The van der Waals surface area contributed by atoms with Crippen LogP contribution >= 0.6 is 0 Å². The first kappa shape index (κ1) is 11.6. The second-order valence-corrected chi connectivity index (χ2v) is 2.93. The quantitative estimate of drug-likeness (QED) is 0.558. The molecular formula is C11H13F2NO. The molecule has 0 aliphatic heterocycles. The average molecular weight is 213 g/mol. The van der Waals surface area contributed by atoms with Gasteiger partial charge in [-0.1, -0.05) is 6.07 Å². The third-order valence-corrected chi connectivity index (χ3v) is 1.95. The fraction of sp³-hybridized carbons (Fsp3) is 0.364. The maximum Gasteiger partial charge on any atom is 0.187 e. The third-order valence-electron chi connectivity index (χ3n) is 1.95. The lowest BCUT2D eigenvalue weighted by Crippen LogP contribution is -2.11. The van der Waals surface area contributed by atoms with Crippen LogP contribution in [0.2, 0.25) is 0 Å². The van der Waals surface area contributed by atoms with E-state index in [-0.39, 0.29) is 12.0 Å². The minimum absolute atomic E-state index is 0.00782. The molecule has 0 fully saturated rings. The van der Waals surface area contributed by atoms with Gasteiger partial charge in [0.05, 0.1) is 13.0 Å². The van der Waals surface area contributed by atoms with E-state index in [0.29, 0.717) is 12.5 Å². The Kier molecular flexibility index (Phi) is 4.21. The summed E-state index contributed by atoms with van der Waals surface area (Å²) in [5.74, 6) is -0.812. The molecule has 1 aromatic carbocycles. The molecule has 1 aromatic rings. The van der Waals surface area contributed by atoms with E-state index in [1.54, 1.807) is 6.92 Å². The van der Waals surface area contributed by atoms with Crippen LogP contribution in [0.25, 0.3) is 0 Å². The van der Waals surface area contributed by atoms with Crippen molar-refractivity contribution < 1.29 is 13.5 Å². The first-order valence-electron chi connectivity index (χ1n) is 4.70. The van der Waals surface area contributed by atoms with E-state index in [2.05, 4.69) is 4.99 Å². The Labute approximate surface area is 87.6 Å². The van der Waals surface area contributed by atoms with Gasteiger partial charge in [-0.2, -0.15) is 0 Å². The fourth-order valence-electron chi connectivity index (χ4n) is 1.21. The van der Waals surface area contributed by atoms with E-state index in [4.69, 9.17) is 4.74 Å². The SMILES string of the molecule is CCOC(Cc1c(F)cccc1F)=NC. The largest absolute Gasteiger partial charge is 0.481 e. The number of hydrogen-bond acceptors (Lipinski definition) is 2. The summed E-state index contributed by atoms with van der Waals surface area (Å²) in [5.41, 5.74) is -0.00782. The number of hydrogen-bond donors (Lipinski definition) is 0. The molecule has 0 amide bonds. The summed E-state index contributed by atoms with van der Waals surface area (Å²) < 4.78 is 31.6. The number of ether oxygens (including phenoxy) is 1. The van der Waals surface area contributed by atoms with Gasteiger partial charge in [-0.3, -0.25) is 4.99 Å². The lowest BCUT2D eigenvalue weighted by Gasteiger charge is -2.08. The van der Waals surface area contributed by atoms with Crippen molar-refractivity contribution in [2.24, 2.45) is 4.99 Å². The van der Waals surface area contributed by atoms with Gasteiger partial charge in [0.2, 0.25) is 0 Å². The molecule has 2 nitrogen and oxygen atoms in total. The summed E-state index contributed by atoms with van der Waals surface area (Å²) in [5, 5.41) is 0. The second kappa shape index (κ2) is 5.44. The number of halogens is 2. The highest BCUT2D eigenvalue weighted by atomic mass is 19.1. The highest BCUT2D eigenvalue weighted by Crippen LogP contribution is 2.13. The minimum Gasteiger partial charge on any atom is -0.481 e. The standard InChI is InChI=1S/C11H13F2NO/c1-3-15-11(14-2)7-8-9(12)5-4-6-10(8)13/h4-6H,3,7H2,1-2H3. The molecule has 0 atom stereocenters. The van der Waals surface area contributed by atoms with Crippen LogP contribution in [-0.2, 0) is 11.2 Å². The lowest BCUT2D eigenvalue weighted by atomic mass is 10.1. The minimum atomic E-state index is -0.573. The molecule has 0 heterocycles. The molecule has 0 unspecified atom stereocenters. The van der Waals surface area contributed by atoms with Crippen molar-refractivity contribution in [1.29, 1.82) is 0 Å². The van der Waals surface area contributed by atoms with Crippen LogP contribution in [-0.4, -0.2) is 19.6 Å². The number of rotatable bonds is 3. The lowest BCUT2D eigenvalue weighted by molar-refractivity contribution is 0.318. The predicted molar refractivity (Wildman–Crippen MR) is 55.0 cm³/mol. The van der Waals surface area contributed by atoms with E-state index < -0.39 is 11.6 Å². The third kappa shape index (κ3) is 3.01. The Morgan fingerprint density at radius 2 is 1.93 bits per heavy atom.